The van der Waals surface area contributed by atoms with Crippen LogP contribution in [-0.2, 0) is 14.3 Å². The fourth-order valence-corrected chi connectivity index (χ4v) is 3.45. The minimum absolute atomic E-state index is 0.0309. The molecule has 5 heteroatoms. The molecular weight excluding hydrogens is 270 g/mol. The molecule has 1 unspecified atom stereocenters. The summed E-state index contributed by atoms with van der Waals surface area (Å²) in [4.78, 5) is 14.1. The molecular formula is C16H29NO4. The van der Waals surface area contributed by atoms with E-state index in [4.69, 9.17) is 9.47 Å². The molecule has 2 aliphatic rings. The zero-order chi connectivity index (χ0) is 15.3. The van der Waals surface area contributed by atoms with Crippen molar-refractivity contribution in [3.8, 4) is 0 Å². The molecule has 0 radical (unpaired) electrons. The van der Waals surface area contributed by atoms with Gasteiger partial charge in [-0.25, -0.2) is 0 Å². The lowest BCUT2D eigenvalue weighted by Gasteiger charge is -2.39. The third-order valence-electron chi connectivity index (χ3n) is 4.59. The Hall–Kier alpha value is -0.650. The highest BCUT2D eigenvalue weighted by Gasteiger charge is 2.37. The molecule has 1 heterocycles. The van der Waals surface area contributed by atoms with Gasteiger partial charge >= 0.3 is 5.97 Å². The van der Waals surface area contributed by atoms with Crippen molar-refractivity contribution in [2.45, 2.75) is 57.7 Å². The summed E-state index contributed by atoms with van der Waals surface area (Å²) in [6.45, 7) is 7.71. The Kier molecular flexibility index (Phi) is 6.02. The second-order valence-corrected chi connectivity index (χ2v) is 6.52. The Morgan fingerprint density at radius 3 is 2.81 bits per heavy atom. The lowest BCUT2D eigenvalue weighted by Crippen LogP contribution is -2.47. The molecule has 1 saturated carbocycles. The predicted molar refractivity (Wildman–Crippen MR) is 80.0 cm³/mol. The molecule has 0 amide bonds. The van der Waals surface area contributed by atoms with Crippen molar-refractivity contribution in [2.24, 2.45) is 5.92 Å². The van der Waals surface area contributed by atoms with E-state index in [2.05, 4.69) is 11.8 Å². The topological polar surface area (TPSA) is 59.0 Å². The number of carbonyl (C=O) groups excluding carboxylic acids is 1. The second kappa shape index (κ2) is 7.56. The summed E-state index contributed by atoms with van der Waals surface area (Å²) in [5, 5.41) is 10.8. The summed E-state index contributed by atoms with van der Waals surface area (Å²) in [5.41, 5.74) is -0.660. The number of nitrogens with zero attached hydrogens (tertiary/aromatic N) is 1. The largest absolute Gasteiger partial charge is 0.466 e. The minimum atomic E-state index is -0.660. The summed E-state index contributed by atoms with van der Waals surface area (Å²) >= 11 is 0. The van der Waals surface area contributed by atoms with Crippen molar-refractivity contribution >= 4 is 5.97 Å². The third-order valence-corrected chi connectivity index (χ3v) is 4.59. The van der Waals surface area contributed by atoms with E-state index in [-0.39, 0.29) is 18.0 Å². The first-order valence-corrected chi connectivity index (χ1v) is 8.25. The van der Waals surface area contributed by atoms with E-state index in [0.717, 1.165) is 39.0 Å². The van der Waals surface area contributed by atoms with Crippen LogP contribution in [0, 0.1) is 5.92 Å². The van der Waals surface area contributed by atoms with Gasteiger partial charge in [0.05, 0.1) is 24.2 Å². The molecule has 0 bridgehead atoms. The molecule has 0 aromatic rings. The van der Waals surface area contributed by atoms with Gasteiger partial charge in [-0.3, -0.25) is 9.69 Å². The number of rotatable bonds is 4. The van der Waals surface area contributed by atoms with E-state index in [1.54, 1.807) is 0 Å². The first-order valence-electron chi connectivity index (χ1n) is 8.25. The lowest BCUT2D eigenvalue weighted by molar-refractivity contribution is -0.151. The number of hydrogen-bond acceptors (Lipinski definition) is 5. The number of hydrogen-bond donors (Lipinski definition) is 1. The number of ether oxygens (including phenoxy) is 2. The molecule has 1 N–H and O–H groups in total. The Bertz CT molecular complexity index is 339. The minimum Gasteiger partial charge on any atom is -0.466 e. The van der Waals surface area contributed by atoms with Crippen molar-refractivity contribution in [3.05, 3.63) is 0 Å². The molecule has 122 valence electrons. The highest BCUT2D eigenvalue weighted by molar-refractivity contribution is 5.72. The van der Waals surface area contributed by atoms with Crippen LogP contribution in [0.3, 0.4) is 0 Å². The van der Waals surface area contributed by atoms with E-state index in [0.29, 0.717) is 26.0 Å². The van der Waals surface area contributed by atoms with E-state index in [1.807, 2.05) is 6.92 Å². The van der Waals surface area contributed by atoms with Crippen LogP contribution in [0.15, 0.2) is 0 Å². The van der Waals surface area contributed by atoms with Gasteiger partial charge in [0.15, 0.2) is 0 Å². The Morgan fingerprint density at radius 2 is 2.14 bits per heavy atom. The summed E-state index contributed by atoms with van der Waals surface area (Å²) in [7, 11) is 0. The zero-order valence-corrected chi connectivity index (χ0v) is 13.3. The quantitative estimate of drug-likeness (QED) is 0.799. The number of β-amino-alcohol motifs (C(OH)–C–C–N with tert-alkyl or cyclic N) is 1. The highest BCUT2D eigenvalue weighted by atomic mass is 16.5. The standard InChI is InChI=1S/C16H29NO4/c1-3-20-15(18)14-5-7-16(19,8-6-14)12-17-9-4-10-21-13(2)11-17/h13-14,19H,3-12H2,1-2H3. The fourth-order valence-electron chi connectivity index (χ4n) is 3.45. The van der Waals surface area contributed by atoms with Crippen molar-refractivity contribution in [3.63, 3.8) is 0 Å². The molecule has 21 heavy (non-hydrogen) atoms. The maximum Gasteiger partial charge on any atom is 0.308 e. The van der Waals surface area contributed by atoms with Crippen LogP contribution in [0.2, 0.25) is 0 Å². The Balaban J connectivity index is 1.82. The van der Waals surface area contributed by atoms with Gasteiger partial charge in [0.2, 0.25) is 0 Å². The molecule has 0 aromatic carbocycles. The van der Waals surface area contributed by atoms with Crippen LogP contribution in [-0.4, -0.2) is 60.5 Å². The van der Waals surface area contributed by atoms with E-state index < -0.39 is 5.60 Å². The summed E-state index contributed by atoms with van der Waals surface area (Å²) < 4.78 is 10.7. The average molecular weight is 299 g/mol. The van der Waals surface area contributed by atoms with Gasteiger partial charge < -0.3 is 14.6 Å². The van der Waals surface area contributed by atoms with Crippen molar-refractivity contribution in [2.75, 3.05) is 32.8 Å². The van der Waals surface area contributed by atoms with Crippen LogP contribution in [0.5, 0.6) is 0 Å². The summed E-state index contributed by atoms with van der Waals surface area (Å²) in [6.07, 6.45) is 4.08. The van der Waals surface area contributed by atoms with Gasteiger partial charge in [-0.1, -0.05) is 0 Å². The normalized spacial score (nSPS) is 35.2. The van der Waals surface area contributed by atoms with E-state index in [9.17, 15) is 9.90 Å². The van der Waals surface area contributed by atoms with Crippen molar-refractivity contribution in [1.82, 2.24) is 4.90 Å². The van der Waals surface area contributed by atoms with Gasteiger partial charge in [0, 0.05) is 26.2 Å². The zero-order valence-electron chi connectivity index (χ0n) is 13.3. The van der Waals surface area contributed by atoms with Crippen LogP contribution in [0.25, 0.3) is 0 Å². The Morgan fingerprint density at radius 1 is 1.43 bits per heavy atom. The first kappa shape index (κ1) is 16.7. The summed E-state index contributed by atoms with van der Waals surface area (Å²) in [6, 6.07) is 0. The molecule has 2 rings (SSSR count). The molecule has 1 saturated heterocycles. The van der Waals surface area contributed by atoms with Crippen LogP contribution >= 0.6 is 0 Å². The van der Waals surface area contributed by atoms with E-state index >= 15 is 0 Å². The van der Waals surface area contributed by atoms with Gasteiger partial charge in [-0.15, -0.1) is 0 Å². The molecule has 1 aliphatic heterocycles. The van der Waals surface area contributed by atoms with Gasteiger partial charge in [-0.05, 0) is 46.0 Å². The number of carbonyl (C=O) groups is 1. The first-order chi connectivity index (χ1) is 10.0. The summed E-state index contributed by atoms with van der Waals surface area (Å²) in [5.74, 6) is -0.132. The maximum atomic E-state index is 11.8. The second-order valence-electron chi connectivity index (χ2n) is 6.52. The van der Waals surface area contributed by atoms with Gasteiger partial charge in [-0.2, -0.15) is 0 Å². The number of aliphatic hydroxyl groups is 1. The highest BCUT2D eigenvalue weighted by Crippen LogP contribution is 2.33. The molecule has 1 aliphatic carbocycles. The smallest absolute Gasteiger partial charge is 0.308 e. The van der Waals surface area contributed by atoms with E-state index in [1.165, 1.54) is 0 Å². The van der Waals surface area contributed by atoms with Gasteiger partial charge in [0.25, 0.3) is 0 Å². The molecule has 1 atom stereocenters. The van der Waals surface area contributed by atoms with Crippen molar-refractivity contribution < 1.29 is 19.4 Å². The monoisotopic (exact) mass is 299 g/mol. The van der Waals surface area contributed by atoms with Crippen LogP contribution in [0.4, 0.5) is 0 Å². The maximum absolute atomic E-state index is 11.8. The molecule has 5 nitrogen and oxygen atoms in total. The fraction of sp³-hybridized carbons (Fsp3) is 0.938. The SMILES string of the molecule is CCOC(=O)C1CCC(O)(CN2CCCOC(C)C2)CC1. The predicted octanol–water partition coefficient (Wildman–Crippen LogP) is 1.58. The van der Waals surface area contributed by atoms with Crippen LogP contribution < -0.4 is 0 Å². The van der Waals surface area contributed by atoms with Crippen LogP contribution in [0.1, 0.15) is 46.0 Å². The third kappa shape index (κ3) is 4.94. The molecule has 2 fully saturated rings. The molecule has 0 spiro atoms. The van der Waals surface area contributed by atoms with Crippen molar-refractivity contribution in [1.29, 1.82) is 0 Å². The van der Waals surface area contributed by atoms with Gasteiger partial charge in [0.1, 0.15) is 0 Å². The Labute approximate surface area is 127 Å². The lowest BCUT2D eigenvalue weighted by atomic mass is 9.78. The average Bonchev–Trinajstić information content (AvgIpc) is 2.63. The number of esters is 1. The molecule has 0 aromatic heterocycles.